The number of nitrogens with zero attached hydrogens (tertiary/aromatic N) is 2. The largest absolute Gasteiger partial charge is 0.373 e. The van der Waals surface area contributed by atoms with E-state index in [1.165, 1.54) is 12.1 Å². The van der Waals surface area contributed by atoms with Gasteiger partial charge in [-0.1, -0.05) is 0 Å². The smallest absolute Gasteiger partial charge is 0.275 e. The second kappa shape index (κ2) is 4.50. The van der Waals surface area contributed by atoms with Gasteiger partial charge in [0.05, 0.1) is 16.7 Å². The standard InChI is InChI=1S/C11H11N3O2S/c1-7-9(3-4-17-7)10-5-8(14(15)16)6-11(12-2)13-10/h3-6H,1-2H3,(H,12,13). The first-order valence-corrected chi connectivity index (χ1v) is 5.88. The minimum atomic E-state index is -0.409. The van der Waals surface area contributed by atoms with Crippen LogP contribution in [0, 0.1) is 17.0 Å². The van der Waals surface area contributed by atoms with Gasteiger partial charge in [0.15, 0.2) is 0 Å². The fourth-order valence-corrected chi connectivity index (χ4v) is 2.25. The van der Waals surface area contributed by atoms with Crippen molar-refractivity contribution in [2.75, 3.05) is 12.4 Å². The summed E-state index contributed by atoms with van der Waals surface area (Å²) in [4.78, 5) is 15.8. The predicted molar refractivity (Wildman–Crippen MR) is 68.5 cm³/mol. The first kappa shape index (κ1) is 11.5. The zero-order valence-corrected chi connectivity index (χ0v) is 10.2. The summed E-state index contributed by atoms with van der Waals surface area (Å²) in [6.45, 7) is 1.97. The Hall–Kier alpha value is -1.95. The van der Waals surface area contributed by atoms with Gasteiger partial charge in [-0.2, -0.15) is 0 Å². The number of pyridine rings is 1. The van der Waals surface area contributed by atoms with E-state index in [9.17, 15) is 10.1 Å². The molecule has 0 saturated carbocycles. The molecule has 5 nitrogen and oxygen atoms in total. The Kier molecular flexibility index (Phi) is 3.06. The molecule has 0 bridgehead atoms. The fraction of sp³-hybridized carbons (Fsp3) is 0.182. The molecule has 0 unspecified atom stereocenters. The highest BCUT2D eigenvalue weighted by atomic mass is 32.1. The third-order valence-corrected chi connectivity index (χ3v) is 3.26. The summed E-state index contributed by atoms with van der Waals surface area (Å²) < 4.78 is 0. The van der Waals surface area contributed by atoms with Gasteiger partial charge < -0.3 is 5.32 Å². The topological polar surface area (TPSA) is 68.1 Å². The summed E-state index contributed by atoms with van der Waals surface area (Å²) in [5.41, 5.74) is 1.61. The van der Waals surface area contributed by atoms with E-state index >= 15 is 0 Å². The van der Waals surface area contributed by atoms with E-state index in [1.54, 1.807) is 18.4 Å². The zero-order valence-electron chi connectivity index (χ0n) is 9.43. The van der Waals surface area contributed by atoms with E-state index in [-0.39, 0.29) is 5.69 Å². The molecule has 0 aliphatic carbocycles. The third-order valence-electron chi connectivity index (χ3n) is 2.41. The van der Waals surface area contributed by atoms with Crippen LogP contribution in [0.15, 0.2) is 23.6 Å². The number of hydrogen-bond donors (Lipinski definition) is 1. The number of anilines is 1. The van der Waals surface area contributed by atoms with Crippen molar-refractivity contribution in [2.45, 2.75) is 6.92 Å². The molecule has 2 heterocycles. The lowest BCUT2D eigenvalue weighted by atomic mass is 10.1. The molecule has 2 aromatic heterocycles. The zero-order chi connectivity index (χ0) is 12.4. The average molecular weight is 249 g/mol. The Balaban J connectivity index is 2.58. The predicted octanol–water partition coefficient (Wildman–Crippen LogP) is 3.07. The highest BCUT2D eigenvalue weighted by Crippen LogP contribution is 2.29. The van der Waals surface area contributed by atoms with Crippen LogP contribution in [0.2, 0.25) is 0 Å². The van der Waals surface area contributed by atoms with Gasteiger partial charge in [0.25, 0.3) is 5.69 Å². The average Bonchev–Trinajstić information content (AvgIpc) is 2.74. The van der Waals surface area contributed by atoms with Gasteiger partial charge in [-0.15, -0.1) is 11.3 Å². The first-order valence-electron chi connectivity index (χ1n) is 5.00. The summed E-state index contributed by atoms with van der Waals surface area (Å²) in [7, 11) is 1.69. The van der Waals surface area contributed by atoms with Crippen LogP contribution in [0.25, 0.3) is 11.3 Å². The highest BCUT2D eigenvalue weighted by molar-refractivity contribution is 7.10. The van der Waals surface area contributed by atoms with Crippen molar-refractivity contribution in [3.63, 3.8) is 0 Å². The van der Waals surface area contributed by atoms with E-state index in [1.807, 2.05) is 18.4 Å². The Morgan fingerprint density at radius 2 is 2.24 bits per heavy atom. The summed E-state index contributed by atoms with van der Waals surface area (Å²) in [5, 5.41) is 15.6. The number of aryl methyl sites for hydroxylation is 1. The van der Waals surface area contributed by atoms with Crippen LogP contribution in [0.1, 0.15) is 4.88 Å². The van der Waals surface area contributed by atoms with Crippen molar-refractivity contribution < 1.29 is 4.92 Å². The molecule has 88 valence electrons. The molecule has 0 spiro atoms. The molecule has 0 aliphatic heterocycles. The quantitative estimate of drug-likeness (QED) is 0.670. The van der Waals surface area contributed by atoms with Crippen LogP contribution in [-0.4, -0.2) is 17.0 Å². The summed E-state index contributed by atoms with van der Waals surface area (Å²) in [6.07, 6.45) is 0. The normalized spacial score (nSPS) is 10.2. The highest BCUT2D eigenvalue weighted by Gasteiger charge is 2.13. The van der Waals surface area contributed by atoms with Crippen molar-refractivity contribution in [1.29, 1.82) is 0 Å². The van der Waals surface area contributed by atoms with Crippen LogP contribution in [0.5, 0.6) is 0 Å². The van der Waals surface area contributed by atoms with E-state index in [0.717, 1.165) is 10.4 Å². The lowest BCUT2D eigenvalue weighted by molar-refractivity contribution is -0.384. The molecule has 0 aromatic carbocycles. The third kappa shape index (κ3) is 2.26. The molecule has 17 heavy (non-hydrogen) atoms. The van der Waals surface area contributed by atoms with E-state index in [4.69, 9.17) is 0 Å². The van der Waals surface area contributed by atoms with Crippen LogP contribution in [0.3, 0.4) is 0 Å². The van der Waals surface area contributed by atoms with Gasteiger partial charge in [-0.3, -0.25) is 10.1 Å². The van der Waals surface area contributed by atoms with Crippen LogP contribution >= 0.6 is 11.3 Å². The van der Waals surface area contributed by atoms with Gasteiger partial charge in [0, 0.05) is 23.6 Å². The van der Waals surface area contributed by atoms with E-state index < -0.39 is 4.92 Å². The van der Waals surface area contributed by atoms with E-state index in [0.29, 0.717) is 11.5 Å². The molecule has 0 aliphatic rings. The maximum Gasteiger partial charge on any atom is 0.275 e. The van der Waals surface area contributed by atoms with Crippen molar-refractivity contribution in [3.8, 4) is 11.3 Å². The SMILES string of the molecule is CNc1cc([N+](=O)[O-])cc(-c2ccsc2C)n1. The molecule has 0 radical (unpaired) electrons. The second-order valence-electron chi connectivity index (χ2n) is 3.49. The molecule has 2 rings (SSSR count). The lowest BCUT2D eigenvalue weighted by Crippen LogP contribution is -1.97. The van der Waals surface area contributed by atoms with Gasteiger partial charge in [-0.25, -0.2) is 4.98 Å². The summed E-state index contributed by atoms with van der Waals surface area (Å²) in [6, 6.07) is 4.84. The first-order chi connectivity index (χ1) is 8.11. The fourth-order valence-electron chi connectivity index (χ4n) is 1.54. The number of hydrogen-bond acceptors (Lipinski definition) is 5. The van der Waals surface area contributed by atoms with Gasteiger partial charge in [-0.05, 0) is 18.4 Å². The van der Waals surface area contributed by atoms with Crippen LogP contribution < -0.4 is 5.32 Å². The van der Waals surface area contributed by atoms with Crippen molar-refractivity contribution in [2.24, 2.45) is 0 Å². The maximum atomic E-state index is 10.8. The molecule has 0 fully saturated rings. The van der Waals surface area contributed by atoms with Gasteiger partial charge in [0.1, 0.15) is 5.82 Å². The van der Waals surface area contributed by atoms with Gasteiger partial charge in [0.2, 0.25) is 0 Å². The van der Waals surface area contributed by atoms with Crippen molar-refractivity contribution >= 4 is 22.8 Å². The number of nitrogens with one attached hydrogen (secondary N) is 1. The summed E-state index contributed by atoms with van der Waals surface area (Å²) >= 11 is 1.60. The van der Waals surface area contributed by atoms with Crippen molar-refractivity contribution in [3.05, 3.63) is 38.6 Å². The molecule has 0 amide bonds. The molecule has 2 aromatic rings. The Morgan fingerprint density at radius 1 is 1.47 bits per heavy atom. The maximum absolute atomic E-state index is 10.8. The monoisotopic (exact) mass is 249 g/mol. The minimum absolute atomic E-state index is 0.0463. The number of nitro groups is 1. The van der Waals surface area contributed by atoms with E-state index in [2.05, 4.69) is 10.3 Å². The Bertz CT molecular complexity index is 566. The number of aromatic nitrogens is 1. The molecule has 0 atom stereocenters. The van der Waals surface area contributed by atoms with Crippen LogP contribution in [0.4, 0.5) is 11.5 Å². The number of rotatable bonds is 3. The van der Waals surface area contributed by atoms with Gasteiger partial charge >= 0.3 is 0 Å². The molecular formula is C11H11N3O2S. The minimum Gasteiger partial charge on any atom is -0.373 e. The molecule has 0 saturated heterocycles. The Morgan fingerprint density at radius 3 is 2.76 bits per heavy atom. The molecular weight excluding hydrogens is 238 g/mol. The van der Waals surface area contributed by atoms with Crippen molar-refractivity contribution in [1.82, 2.24) is 4.98 Å². The number of thiophene rings is 1. The summed E-state index contributed by atoms with van der Waals surface area (Å²) in [5.74, 6) is 0.500. The second-order valence-corrected chi connectivity index (χ2v) is 4.61. The van der Waals surface area contributed by atoms with Crippen LogP contribution in [-0.2, 0) is 0 Å². The Labute approximate surface area is 102 Å². The molecule has 1 N–H and O–H groups in total. The molecule has 6 heteroatoms. The lowest BCUT2D eigenvalue weighted by Gasteiger charge is -2.04.